The van der Waals surface area contributed by atoms with E-state index in [0.29, 0.717) is 5.52 Å². The molecule has 0 aliphatic heterocycles. The minimum Gasteiger partial charge on any atom is -0.505 e. The largest absolute Gasteiger partial charge is 0.505 e. The zero-order chi connectivity index (χ0) is 12.0. The Kier molecular flexibility index (Phi) is 2.81. The monoisotopic (exact) mass is 448 g/mol. The van der Waals surface area contributed by atoms with E-state index >= 15 is 0 Å². The Morgan fingerprint density at radius 2 is 1.47 bits per heavy atom. The molecule has 0 saturated carbocycles. The second-order valence-electron chi connectivity index (χ2n) is 3.60. The maximum Gasteiger partial charge on any atom is 0.156 e. The molecule has 0 bridgehead atoms. The summed E-state index contributed by atoms with van der Waals surface area (Å²) < 4.78 is 1.79. The molecule has 1 heterocycles. The Morgan fingerprint density at radius 3 is 2.12 bits per heavy atom. The molecule has 0 radical (unpaired) electrons. The van der Waals surface area contributed by atoms with Crippen LogP contribution in [0.25, 0.3) is 22.1 Å². The summed E-state index contributed by atoms with van der Waals surface area (Å²) in [6.45, 7) is 0. The van der Waals surface area contributed by atoms with E-state index in [4.69, 9.17) is 0 Å². The van der Waals surface area contributed by atoms with Crippen LogP contribution in [0.4, 0.5) is 0 Å². The molecule has 0 aliphatic carbocycles. The lowest BCUT2D eigenvalue weighted by Crippen LogP contribution is -1.92. The first-order valence-electron chi connectivity index (χ1n) is 4.90. The number of nitrogens with zero attached hydrogens (tertiary/aromatic N) is 2. The summed E-state index contributed by atoms with van der Waals surface area (Å²) in [4.78, 5) is 9.02. The topological polar surface area (TPSA) is 46.0 Å². The van der Waals surface area contributed by atoms with Crippen molar-refractivity contribution < 1.29 is 5.11 Å². The van der Waals surface area contributed by atoms with Gasteiger partial charge in [0.2, 0.25) is 0 Å². The molecule has 0 saturated heterocycles. The van der Waals surface area contributed by atoms with Gasteiger partial charge in [0, 0.05) is 3.57 Å². The number of halogens is 2. The van der Waals surface area contributed by atoms with Gasteiger partial charge in [0.25, 0.3) is 0 Å². The van der Waals surface area contributed by atoms with E-state index in [-0.39, 0.29) is 5.75 Å². The van der Waals surface area contributed by atoms with Crippen molar-refractivity contribution >= 4 is 67.2 Å². The average molecular weight is 448 g/mol. The second-order valence-corrected chi connectivity index (χ2v) is 5.92. The van der Waals surface area contributed by atoms with E-state index < -0.39 is 0 Å². The second kappa shape index (κ2) is 4.20. The van der Waals surface area contributed by atoms with E-state index in [0.717, 1.165) is 23.7 Å². The average Bonchev–Trinajstić information content (AvgIpc) is 2.34. The predicted octanol–water partition coefficient (Wildman–Crippen LogP) is 3.70. The van der Waals surface area contributed by atoms with Crippen LogP contribution in [-0.4, -0.2) is 15.1 Å². The first kappa shape index (κ1) is 11.4. The van der Waals surface area contributed by atoms with Gasteiger partial charge in [-0.05, 0) is 63.4 Å². The van der Waals surface area contributed by atoms with Gasteiger partial charge in [-0.1, -0.05) is 12.1 Å². The smallest absolute Gasteiger partial charge is 0.156 e. The number of phenols is 1. The summed E-state index contributed by atoms with van der Waals surface area (Å²) in [5.41, 5.74) is 2.97. The lowest BCUT2D eigenvalue weighted by Gasteiger charge is -2.06. The minimum absolute atomic E-state index is 0.208. The molecule has 3 nitrogen and oxygen atoms in total. The molecule has 0 spiro atoms. The summed E-state index contributed by atoms with van der Waals surface area (Å²) in [5.74, 6) is 0.208. The Bertz CT molecular complexity index is 743. The third-order valence-corrected chi connectivity index (χ3v) is 4.15. The quantitative estimate of drug-likeness (QED) is 0.422. The highest BCUT2D eigenvalue weighted by Crippen LogP contribution is 2.32. The Hall–Kier alpha value is -0.700. The number of phenolic OH excluding ortho intramolecular Hbond substituents is 1. The SMILES string of the molecule is Oc1c(I)cc(I)c2nc3ccccc3nc12. The van der Waals surface area contributed by atoms with Crippen LogP contribution in [0.3, 0.4) is 0 Å². The van der Waals surface area contributed by atoms with Crippen LogP contribution in [-0.2, 0) is 0 Å². The van der Waals surface area contributed by atoms with E-state index in [2.05, 4.69) is 55.1 Å². The number of aromatic hydroxyl groups is 1. The standard InChI is InChI=1S/C12H6I2N2O/c13-6-5-7(14)12(17)11-10(6)15-8-3-1-2-4-9(8)16-11/h1-5,17H. The fourth-order valence-corrected chi connectivity index (χ4v) is 3.54. The molecular formula is C12H6I2N2O. The molecule has 1 aromatic heterocycles. The number of rotatable bonds is 0. The highest BCUT2D eigenvalue weighted by Gasteiger charge is 2.12. The number of aromatic nitrogens is 2. The van der Waals surface area contributed by atoms with E-state index in [1.54, 1.807) is 0 Å². The van der Waals surface area contributed by atoms with Crippen LogP contribution in [0.15, 0.2) is 30.3 Å². The molecule has 17 heavy (non-hydrogen) atoms. The highest BCUT2D eigenvalue weighted by molar-refractivity contribution is 14.1. The van der Waals surface area contributed by atoms with E-state index in [1.807, 2.05) is 30.3 Å². The minimum atomic E-state index is 0.208. The van der Waals surface area contributed by atoms with Crippen molar-refractivity contribution in [3.63, 3.8) is 0 Å². The van der Waals surface area contributed by atoms with Crippen LogP contribution >= 0.6 is 45.2 Å². The van der Waals surface area contributed by atoms with Crippen molar-refractivity contribution in [2.45, 2.75) is 0 Å². The fraction of sp³-hybridized carbons (Fsp3) is 0. The summed E-state index contributed by atoms with van der Waals surface area (Å²) >= 11 is 4.31. The molecule has 0 atom stereocenters. The number of para-hydroxylation sites is 2. The Labute approximate surface area is 125 Å². The third-order valence-electron chi connectivity index (χ3n) is 2.50. The van der Waals surface area contributed by atoms with Crippen LogP contribution in [0.1, 0.15) is 0 Å². The van der Waals surface area contributed by atoms with Crippen molar-refractivity contribution in [3.05, 3.63) is 37.5 Å². The van der Waals surface area contributed by atoms with Crippen molar-refractivity contribution in [1.82, 2.24) is 9.97 Å². The molecule has 3 rings (SSSR count). The van der Waals surface area contributed by atoms with E-state index in [1.165, 1.54) is 0 Å². The molecule has 2 aromatic carbocycles. The fourth-order valence-electron chi connectivity index (χ4n) is 1.69. The maximum absolute atomic E-state index is 10.0. The van der Waals surface area contributed by atoms with Gasteiger partial charge in [0.15, 0.2) is 5.75 Å². The van der Waals surface area contributed by atoms with Crippen molar-refractivity contribution in [2.75, 3.05) is 0 Å². The predicted molar refractivity (Wildman–Crippen MR) is 84.1 cm³/mol. The summed E-state index contributed by atoms with van der Waals surface area (Å²) in [5, 5.41) is 10.0. The van der Waals surface area contributed by atoms with Gasteiger partial charge >= 0.3 is 0 Å². The first-order valence-corrected chi connectivity index (χ1v) is 7.06. The maximum atomic E-state index is 10.0. The lowest BCUT2D eigenvalue weighted by atomic mass is 10.2. The first-order chi connectivity index (χ1) is 8.16. The van der Waals surface area contributed by atoms with Gasteiger partial charge < -0.3 is 5.11 Å². The third kappa shape index (κ3) is 1.85. The lowest BCUT2D eigenvalue weighted by molar-refractivity contribution is 0.476. The Morgan fingerprint density at radius 1 is 0.882 bits per heavy atom. The van der Waals surface area contributed by atoms with Gasteiger partial charge in [0.1, 0.15) is 11.0 Å². The molecule has 0 fully saturated rings. The van der Waals surface area contributed by atoms with Crippen molar-refractivity contribution in [1.29, 1.82) is 0 Å². The zero-order valence-corrected chi connectivity index (χ0v) is 12.8. The Balaban J connectivity index is 2.56. The molecule has 1 N–H and O–H groups in total. The van der Waals surface area contributed by atoms with Gasteiger partial charge in [-0.2, -0.15) is 0 Å². The van der Waals surface area contributed by atoms with Crippen LogP contribution in [0.2, 0.25) is 0 Å². The molecule has 5 heteroatoms. The van der Waals surface area contributed by atoms with Crippen LogP contribution < -0.4 is 0 Å². The summed E-state index contributed by atoms with van der Waals surface area (Å²) in [6, 6.07) is 9.57. The normalized spacial score (nSPS) is 11.2. The zero-order valence-electron chi connectivity index (χ0n) is 8.48. The molecular weight excluding hydrogens is 442 g/mol. The number of benzene rings is 2. The molecule has 3 aromatic rings. The molecule has 84 valence electrons. The van der Waals surface area contributed by atoms with Gasteiger partial charge in [-0.15, -0.1) is 0 Å². The van der Waals surface area contributed by atoms with Crippen molar-refractivity contribution in [2.24, 2.45) is 0 Å². The summed E-state index contributed by atoms with van der Waals surface area (Å²) in [6.07, 6.45) is 0. The van der Waals surface area contributed by atoms with Crippen LogP contribution in [0, 0.1) is 7.14 Å². The molecule has 0 amide bonds. The molecule has 0 unspecified atom stereocenters. The van der Waals surface area contributed by atoms with Crippen LogP contribution in [0.5, 0.6) is 5.75 Å². The number of hydrogen-bond donors (Lipinski definition) is 1. The summed E-state index contributed by atoms with van der Waals surface area (Å²) in [7, 11) is 0. The van der Waals surface area contributed by atoms with Gasteiger partial charge in [0.05, 0.1) is 14.6 Å². The number of hydrogen-bond acceptors (Lipinski definition) is 3. The number of fused-ring (bicyclic) bond motifs is 2. The highest BCUT2D eigenvalue weighted by atomic mass is 127. The van der Waals surface area contributed by atoms with Gasteiger partial charge in [-0.25, -0.2) is 9.97 Å². The van der Waals surface area contributed by atoms with Gasteiger partial charge in [-0.3, -0.25) is 0 Å². The van der Waals surface area contributed by atoms with E-state index in [9.17, 15) is 5.11 Å². The molecule has 0 aliphatic rings. The van der Waals surface area contributed by atoms with Crippen molar-refractivity contribution in [3.8, 4) is 5.75 Å².